The van der Waals surface area contributed by atoms with E-state index in [0.717, 1.165) is 0 Å². The highest BCUT2D eigenvalue weighted by Gasteiger charge is 2.44. The number of hydrogen-bond acceptors (Lipinski definition) is 5. The molecule has 0 aromatic carbocycles. The molecule has 0 radical (unpaired) electrons. The Labute approximate surface area is 200 Å². The summed E-state index contributed by atoms with van der Waals surface area (Å²) in [7, 11) is 0. The van der Waals surface area contributed by atoms with Gasteiger partial charge in [0.2, 0.25) is 5.92 Å². The zero-order chi connectivity index (χ0) is 24.8. The van der Waals surface area contributed by atoms with E-state index in [4.69, 9.17) is 10.5 Å². The van der Waals surface area contributed by atoms with E-state index in [2.05, 4.69) is 15.4 Å². The van der Waals surface area contributed by atoms with Gasteiger partial charge >= 0.3 is 6.03 Å². The lowest BCUT2D eigenvalue weighted by Gasteiger charge is -2.42. The van der Waals surface area contributed by atoms with Crippen LogP contribution in [0.4, 0.5) is 22.4 Å². The summed E-state index contributed by atoms with van der Waals surface area (Å²) in [6.07, 6.45) is 4.79. The molecule has 0 unspecified atom stereocenters. The molecule has 2 aromatic rings. The predicted octanol–water partition coefficient (Wildman–Crippen LogP) is 3.68. The van der Waals surface area contributed by atoms with Gasteiger partial charge in [0.25, 0.3) is 5.92 Å². The van der Waals surface area contributed by atoms with Crippen LogP contribution >= 0.6 is 0 Å². The summed E-state index contributed by atoms with van der Waals surface area (Å²) in [6.45, 7) is -0.380. The van der Waals surface area contributed by atoms with Crippen LogP contribution in [0.1, 0.15) is 61.9 Å². The van der Waals surface area contributed by atoms with Gasteiger partial charge in [-0.1, -0.05) is 0 Å². The first-order valence-electron chi connectivity index (χ1n) is 12.1. The monoisotopic (exact) mass is 498 g/mol. The van der Waals surface area contributed by atoms with Gasteiger partial charge < -0.3 is 20.7 Å². The van der Waals surface area contributed by atoms with Crippen LogP contribution in [0, 0.1) is 11.8 Å². The standard InChI is InChI=1S/C23H30F4N6O2/c24-22(25)5-1-14(2-6-22)19(28)17-11-33-18(31-17)9-16(10-30-33)20(15-3-7-35-8-4-15)32-13-23(26,27)12-29-21(32)34/h9-11,14-15,19-20H,1-8,12-13,28H2,(H,29,34)/t19-,20+/m0/s1. The van der Waals surface area contributed by atoms with Crippen molar-refractivity contribution in [2.45, 2.75) is 62.5 Å². The highest BCUT2D eigenvalue weighted by molar-refractivity contribution is 5.76. The highest BCUT2D eigenvalue weighted by atomic mass is 19.3. The van der Waals surface area contributed by atoms with Crippen molar-refractivity contribution in [2.24, 2.45) is 17.6 Å². The highest BCUT2D eigenvalue weighted by Crippen LogP contribution is 2.41. The van der Waals surface area contributed by atoms with E-state index in [1.165, 1.54) is 4.90 Å². The largest absolute Gasteiger partial charge is 0.381 e. The molecule has 0 bridgehead atoms. The van der Waals surface area contributed by atoms with Crippen LogP contribution in [0.3, 0.4) is 0 Å². The van der Waals surface area contributed by atoms with E-state index in [1.807, 2.05) is 0 Å². The number of nitrogens with zero attached hydrogens (tertiary/aromatic N) is 4. The second-order valence-electron chi connectivity index (χ2n) is 10.0. The van der Waals surface area contributed by atoms with Crippen molar-refractivity contribution < 1.29 is 27.1 Å². The first-order valence-corrected chi connectivity index (χ1v) is 12.1. The molecule has 2 aliphatic heterocycles. The second kappa shape index (κ2) is 9.20. The molecule has 12 heteroatoms. The third-order valence-electron chi connectivity index (χ3n) is 7.52. The fraction of sp³-hybridized carbons (Fsp3) is 0.696. The molecule has 3 fully saturated rings. The number of aromatic nitrogens is 3. The Kier molecular flexibility index (Phi) is 6.37. The number of carbonyl (C=O) groups is 1. The van der Waals surface area contributed by atoms with E-state index in [-0.39, 0.29) is 24.7 Å². The normalized spacial score (nSPS) is 25.4. The van der Waals surface area contributed by atoms with Gasteiger partial charge in [-0.15, -0.1) is 0 Å². The summed E-state index contributed by atoms with van der Waals surface area (Å²) in [4.78, 5) is 18.5. The van der Waals surface area contributed by atoms with Crippen LogP contribution in [0.5, 0.6) is 0 Å². The third-order valence-corrected chi connectivity index (χ3v) is 7.52. The maximum absolute atomic E-state index is 14.3. The molecule has 0 spiro atoms. The molecular formula is C23H30F4N6O2. The number of nitrogens with two attached hydrogens (primary N) is 1. The lowest BCUT2D eigenvalue weighted by Crippen LogP contribution is -2.58. The van der Waals surface area contributed by atoms with Gasteiger partial charge in [-0.2, -0.15) is 5.10 Å². The Morgan fingerprint density at radius 3 is 2.51 bits per heavy atom. The molecular weight excluding hydrogens is 468 g/mol. The Hall–Kier alpha value is -2.47. The molecule has 2 saturated heterocycles. The van der Waals surface area contributed by atoms with Crippen molar-refractivity contribution in [1.82, 2.24) is 24.8 Å². The summed E-state index contributed by atoms with van der Waals surface area (Å²) in [5, 5.41) is 6.73. The van der Waals surface area contributed by atoms with E-state index in [1.54, 1.807) is 23.0 Å². The van der Waals surface area contributed by atoms with Crippen LogP contribution in [-0.4, -0.2) is 63.7 Å². The number of amides is 2. The van der Waals surface area contributed by atoms with Crippen molar-refractivity contribution >= 4 is 11.7 Å². The molecule has 1 aliphatic carbocycles. The number of ether oxygens (including phenoxy) is 1. The number of halogens is 4. The summed E-state index contributed by atoms with van der Waals surface area (Å²) in [5.41, 5.74) is 8.02. The lowest BCUT2D eigenvalue weighted by atomic mass is 9.81. The van der Waals surface area contributed by atoms with E-state index >= 15 is 0 Å². The molecule has 2 aromatic heterocycles. The second-order valence-corrected chi connectivity index (χ2v) is 10.0. The zero-order valence-corrected chi connectivity index (χ0v) is 19.3. The Bertz CT molecular complexity index is 1060. The van der Waals surface area contributed by atoms with Gasteiger partial charge in [0.1, 0.15) is 0 Å². The van der Waals surface area contributed by atoms with Gasteiger partial charge in [-0.3, -0.25) is 0 Å². The van der Waals surface area contributed by atoms with Crippen molar-refractivity contribution in [3.63, 3.8) is 0 Å². The van der Waals surface area contributed by atoms with Crippen molar-refractivity contribution in [3.8, 4) is 0 Å². The summed E-state index contributed by atoms with van der Waals surface area (Å²) >= 11 is 0. The SMILES string of the molecule is N[C@H](c1cn2ncc([C@@H](C3CCOCC3)N3CC(F)(F)CNC3=O)cc2n1)C1CCC(F)(F)CC1. The smallest absolute Gasteiger partial charge is 0.318 e. The third kappa shape index (κ3) is 5.09. The summed E-state index contributed by atoms with van der Waals surface area (Å²) < 4.78 is 62.6. The first-order chi connectivity index (χ1) is 16.6. The maximum atomic E-state index is 14.3. The van der Waals surface area contributed by atoms with E-state index < -0.39 is 43.0 Å². The lowest BCUT2D eigenvalue weighted by molar-refractivity contribution is -0.0570. The number of hydrogen-bond donors (Lipinski definition) is 2. The Balaban J connectivity index is 1.43. The van der Waals surface area contributed by atoms with Crippen molar-refractivity contribution in [3.05, 3.63) is 29.7 Å². The number of urea groups is 1. The first kappa shape index (κ1) is 24.2. The van der Waals surface area contributed by atoms with Gasteiger partial charge in [-0.05, 0) is 49.1 Å². The van der Waals surface area contributed by atoms with E-state index in [9.17, 15) is 22.4 Å². The summed E-state index contributed by atoms with van der Waals surface area (Å²) in [6, 6.07) is 0.0943. The summed E-state index contributed by atoms with van der Waals surface area (Å²) in [5.74, 6) is -5.86. The van der Waals surface area contributed by atoms with Crippen LogP contribution < -0.4 is 11.1 Å². The molecule has 3 N–H and O–H groups in total. The van der Waals surface area contributed by atoms with Gasteiger partial charge in [-0.25, -0.2) is 31.9 Å². The van der Waals surface area contributed by atoms with Crippen LogP contribution in [0.2, 0.25) is 0 Å². The fourth-order valence-electron chi connectivity index (χ4n) is 5.54. The minimum absolute atomic E-state index is 0.0757. The molecule has 2 atom stereocenters. The molecule has 2 amide bonds. The number of nitrogens with one attached hydrogen (secondary N) is 1. The molecule has 8 nitrogen and oxygen atoms in total. The van der Waals surface area contributed by atoms with E-state index in [0.29, 0.717) is 55.8 Å². The van der Waals surface area contributed by atoms with Crippen LogP contribution in [-0.2, 0) is 4.74 Å². The minimum Gasteiger partial charge on any atom is -0.381 e. The molecule has 1 saturated carbocycles. The van der Waals surface area contributed by atoms with Crippen LogP contribution in [0.15, 0.2) is 18.5 Å². The molecule has 4 heterocycles. The Morgan fingerprint density at radius 2 is 1.80 bits per heavy atom. The number of rotatable bonds is 5. The predicted molar refractivity (Wildman–Crippen MR) is 118 cm³/mol. The molecule has 192 valence electrons. The van der Waals surface area contributed by atoms with Gasteiger partial charge in [0.05, 0.1) is 43.3 Å². The zero-order valence-electron chi connectivity index (χ0n) is 19.3. The van der Waals surface area contributed by atoms with Crippen molar-refractivity contribution in [2.75, 3.05) is 26.3 Å². The number of fused-ring (bicyclic) bond motifs is 1. The molecule has 3 aliphatic rings. The average Bonchev–Trinajstić information content (AvgIpc) is 3.25. The fourth-order valence-corrected chi connectivity index (χ4v) is 5.54. The molecule has 35 heavy (non-hydrogen) atoms. The van der Waals surface area contributed by atoms with Gasteiger partial charge in [0, 0.05) is 26.1 Å². The van der Waals surface area contributed by atoms with Gasteiger partial charge in [0.15, 0.2) is 5.65 Å². The number of imidazole rings is 1. The van der Waals surface area contributed by atoms with Crippen LogP contribution in [0.25, 0.3) is 5.65 Å². The minimum atomic E-state index is -3.04. The maximum Gasteiger partial charge on any atom is 0.318 e. The molecule has 5 rings (SSSR count). The van der Waals surface area contributed by atoms with Crippen molar-refractivity contribution in [1.29, 1.82) is 0 Å². The average molecular weight is 499 g/mol. The number of carbonyl (C=O) groups excluding carboxylic acids is 1. The topological polar surface area (TPSA) is 97.8 Å². The quantitative estimate of drug-likeness (QED) is 0.613. The Morgan fingerprint density at radius 1 is 1.09 bits per heavy atom. The number of alkyl halides is 4.